The van der Waals surface area contributed by atoms with E-state index in [1.807, 2.05) is 36.4 Å². The Labute approximate surface area is 142 Å². The highest BCUT2D eigenvalue weighted by molar-refractivity contribution is 5.92. The van der Waals surface area contributed by atoms with Crippen molar-refractivity contribution in [3.05, 3.63) is 60.2 Å². The van der Waals surface area contributed by atoms with Crippen LogP contribution in [0.2, 0.25) is 0 Å². The van der Waals surface area contributed by atoms with Crippen molar-refractivity contribution in [1.29, 1.82) is 0 Å². The topological polar surface area (TPSA) is 67.6 Å². The third kappa shape index (κ3) is 3.93. The molecule has 2 atom stereocenters. The monoisotopic (exact) mass is 325 g/mol. The molecule has 5 heteroatoms. The van der Waals surface area contributed by atoms with Crippen LogP contribution < -0.4 is 15.8 Å². The molecule has 24 heavy (non-hydrogen) atoms. The Bertz CT molecular complexity index is 690. The van der Waals surface area contributed by atoms with Gasteiger partial charge in [0.25, 0.3) is 0 Å². The Balaban J connectivity index is 1.57. The minimum absolute atomic E-state index is 0.0378. The van der Waals surface area contributed by atoms with Gasteiger partial charge in [-0.2, -0.15) is 0 Å². The second kappa shape index (κ2) is 7.47. The summed E-state index contributed by atoms with van der Waals surface area (Å²) in [6.45, 7) is 1.87. The van der Waals surface area contributed by atoms with Crippen molar-refractivity contribution < 1.29 is 9.53 Å². The van der Waals surface area contributed by atoms with Gasteiger partial charge in [-0.15, -0.1) is 0 Å². The van der Waals surface area contributed by atoms with Crippen molar-refractivity contribution in [2.24, 2.45) is 5.73 Å². The molecule has 0 bridgehead atoms. The molecule has 0 aromatic heterocycles. The number of hydrogen-bond donors (Lipinski definition) is 2. The van der Waals surface area contributed by atoms with Crippen molar-refractivity contribution in [1.82, 2.24) is 4.90 Å². The van der Waals surface area contributed by atoms with E-state index in [2.05, 4.69) is 22.3 Å². The summed E-state index contributed by atoms with van der Waals surface area (Å²) in [5, 5.41) is 2.91. The van der Waals surface area contributed by atoms with Gasteiger partial charge in [0.1, 0.15) is 5.75 Å². The SMILES string of the molecule is COc1cccc(NC(=O)CN2C[C@@H](N)[C@H](c3ccccc3)C2)c1. The Morgan fingerprint density at radius 2 is 2.00 bits per heavy atom. The Kier molecular flexibility index (Phi) is 5.13. The summed E-state index contributed by atoms with van der Waals surface area (Å²) in [6, 6.07) is 17.7. The number of benzene rings is 2. The molecule has 1 fully saturated rings. The van der Waals surface area contributed by atoms with E-state index in [1.54, 1.807) is 13.2 Å². The number of amides is 1. The maximum atomic E-state index is 12.3. The van der Waals surface area contributed by atoms with Gasteiger partial charge in [-0.1, -0.05) is 36.4 Å². The normalized spacial score (nSPS) is 20.8. The standard InChI is InChI=1S/C19H23N3O2/c1-24-16-9-5-8-15(10-16)21-19(23)13-22-11-17(18(20)12-22)14-6-3-2-4-7-14/h2-10,17-18H,11-13,20H2,1H3,(H,21,23)/t17-,18+/m0/s1. The molecule has 0 saturated carbocycles. The van der Waals surface area contributed by atoms with Gasteiger partial charge in [0.15, 0.2) is 0 Å². The third-order valence-electron chi connectivity index (χ3n) is 4.39. The van der Waals surface area contributed by atoms with Crippen molar-refractivity contribution in [3.63, 3.8) is 0 Å². The molecule has 3 rings (SSSR count). The van der Waals surface area contributed by atoms with E-state index in [1.165, 1.54) is 5.56 Å². The quantitative estimate of drug-likeness (QED) is 0.883. The fourth-order valence-electron chi connectivity index (χ4n) is 3.20. The highest BCUT2D eigenvalue weighted by atomic mass is 16.5. The van der Waals surface area contributed by atoms with E-state index >= 15 is 0 Å². The fourth-order valence-corrected chi connectivity index (χ4v) is 3.20. The largest absolute Gasteiger partial charge is 0.497 e. The number of anilines is 1. The lowest BCUT2D eigenvalue weighted by atomic mass is 9.95. The van der Waals surface area contributed by atoms with Crippen LogP contribution in [0.15, 0.2) is 54.6 Å². The van der Waals surface area contributed by atoms with E-state index in [-0.39, 0.29) is 17.9 Å². The molecule has 126 valence electrons. The minimum Gasteiger partial charge on any atom is -0.497 e. The van der Waals surface area contributed by atoms with Crippen molar-refractivity contribution in [3.8, 4) is 5.75 Å². The van der Waals surface area contributed by atoms with Crippen LogP contribution in [0.5, 0.6) is 5.75 Å². The van der Waals surface area contributed by atoms with E-state index in [0.29, 0.717) is 6.54 Å². The van der Waals surface area contributed by atoms with Gasteiger partial charge < -0.3 is 15.8 Å². The summed E-state index contributed by atoms with van der Waals surface area (Å²) in [5.74, 6) is 0.958. The summed E-state index contributed by atoms with van der Waals surface area (Å²) in [6.07, 6.45) is 0. The average Bonchev–Trinajstić information content (AvgIpc) is 2.96. The first-order chi connectivity index (χ1) is 11.7. The molecule has 1 heterocycles. The molecule has 1 aliphatic heterocycles. The number of nitrogens with one attached hydrogen (secondary N) is 1. The Hall–Kier alpha value is -2.37. The molecule has 3 N–H and O–H groups in total. The van der Waals surface area contributed by atoms with E-state index in [0.717, 1.165) is 24.5 Å². The average molecular weight is 325 g/mol. The summed E-state index contributed by atoms with van der Waals surface area (Å²) >= 11 is 0. The first kappa shape index (κ1) is 16.5. The van der Waals surface area contributed by atoms with Gasteiger partial charge in [-0.25, -0.2) is 0 Å². The predicted molar refractivity (Wildman–Crippen MR) is 95.2 cm³/mol. The maximum absolute atomic E-state index is 12.3. The minimum atomic E-state index is -0.0378. The van der Waals surface area contributed by atoms with Crippen LogP contribution in [0, 0.1) is 0 Å². The van der Waals surface area contributed by atoms with Crippen LogP contribution in [0.1, 0.15) is 11.5 Å². The van der Waals surface area contributed by atoms with Crippen LogP contribution >= 0.6 is 0 Å². The molecular weight excluding hydrogens is 302 g/mol. The lowest BCUT2D eigenvalue weighted by Gasteiger charge is -2.16. The van der Waals surface area contributed by atoms with E-state index < -0.39 is 0 Å². The number of ether oxygens (including phenoxy) is 1. The molecule has 2 aromatic rings. The van der Waals surface area contributed by atoms with E-state index in [9.17, 15) is 4.79 Å². The fraction of sp³-hybridized carbons (Fsp3) is 0.316. The zero-order valence-corrected chi connectivity index (χ0v) is 13.8. The summed E-state index contributed by atoms with van der Waals surface area (Å²) < 4.78 is 5.17. The molecule has 0 unspecified atom stereocenters. The molecule has 0 radical (unpaired) electrons. The number of methoxy groups -OCH3 is 1. The number of nitrogens with two attached hydrogens (primary N) is 1. The molecule has 0 aliphatic carbocycles. The molecular formula is C19H23N3O2. The van der Waals surface area contributed by atoms with Gasteiger partial charge in [0.2, 0.25) is 5.91 Å². The molecule has 1 amide bonds. The van der Waals surface area contributed by atoms with Gasteiger partial charge >= 0.3 is 0 Å². The lowest BCUT2D eigenvalue weighted by Crippen LogP contribution is -2.33. The Morgan fingerprint density at radius 3 is 2.75 bits per heavy atom. The number of rotatable bonds is 5. The summed E-state index contributed by atoms with van der Waals surface area (Å²) in [4.78, 5) is 14.4. The van der Waals surface area contributed by atoms with Crippen LogP contribution in [-0.2, 0) is 4.79 Å². The third-order valence-corrected chi connectivity index (χ3v) is 4.39. The lowest BCUT2D eigenvalue weighted by molar-refractivity contribution is -0.117. The highest BCUT2D eigenvalue weighted by Gasteiger charge is 2.31. The number of carbonyl (C=O) groups excluding carboxylic acids is 1. The first-order valence-corrected chi connectivity index (χ1v) is 8.12. The molecule has 0 spiro atoms. The summed E-state index contributed by atoms with van der Waals surface area (Å²) in [7, 11) is 1.61. The Morgan fingerprint density at radius 1 is 1.21 bits per heavy atom. The second-order valence-electron chi connectivity index (χ2n) is 6.16. The summed E-state index contributed by atoms with van der Waals surface area (Å²) in [5.41, 5.74) is 8.25. The van der Waals surface area contributed by atoms with Gasteiger partial charge in [-0.05, 0) is 17.7 Å². The number of hydrogen-bond acceptors (Lipinski definition) is 4. The first-order valence-electron chi connectivity index (χ1n) is 8.12. The predicted octanol–water partition coefficient (Wildman–Crippen LogP) is 2.06. The zero-order valence-electron chi connectivity index (χ0n) is 13.8. The van der Waals surface area contributed by atoms with Crippen LogP contribution in [0.4, 0.5) is 5.69 Å². The number of nitrogens with zero attached hydrogens (tertiary/aromatic N) is 1. The number of carbonyl (C=O) groups is 1. The highest BCUT2D eigenvalue weighted by Crippen LogP contribution is 2.26. The van der Waals surface area contributed by atoms with Crippen molar-refractivity contribution in [2.75, 3.05) is 32.1 Å². The van der Waals surface area contributed by atoms with Crippen LogP contribution in [0.3, 0.4) is 0 Å². The van der Waals surface area contributed by atoms with Gasteiger partial charge in [-0.3, -0.25) is 9.69 Å². The molecule has 1 saturated heterocycles. The smallest absolute Gasteiger partial charge is 0.238 e. The maximum Gasteiger partial charge on any atom is 0.238 e. The number of likely N-dealkylation sites (tertiary alicyclic amines) is 1. The second-order valence-corrected chi connectivity index (χ2v) is 6.16. The van der Waals surface area contributed by atoms with Crippen LogP contribution in [0.25, 0.3) is 0 Å². The zero-order chi connectivity index (χ0) is 16.9. The van der Waals surface area contributed by atoms with Crippen LogP contribution in [-0.4, -0.2) is 43.6 Å². The molecule has 5 nitrogen and oxygen atoms in total. The van der Waals surface area contributed by atoms with Crippen molar-refractivity contribution in [2.45, 2.75) is 12.0 Å². The van der Waals surface area contributed by atoms with Gasteiger partial charge in [0.05, 0.1) is 13.7 Å². The molecule has 1 aliphatic rings. The van der Waals surface area contributed by atoms with Gasteiger partial charge in [0, 0.05) is 36.8 Å². The van der Waals surface area contributed by atoms with Crippen molar-refractivity contribution >= 4 is 11.6 Å². The van der Waals surface area contributed by atoms with E-state index in [4.69, 9.17) is 10.5 Å². The molecule has 2 aromatic carbocycles.